The molecule has 0 bridgehead atoms. The van der Waals surface area contributed by atoms with Crippen molar-refractivity contribution in [1.82, 2.24) is 14.9 Å². The van der Waals surface area contributed by atoms with Gasteiger partial charge in [0.25, 0.3) is 0 Å². The number of likely N-dealkylation sites (tertiary alicyclic amines) is 1. The first-order valence-corrected chi connectivity index (χ1v) is 10.4. The van der Waals surface area contributed by atoms with Crippen molar-refractivity contribution in [1.29, 1.82) is 0 Å². The average Bonchev–Trinajstić information content (AvgIpc) is 2.78. The molecule has 1 N–H and O–H groups in total. The van der Waals surface area contributed by atoms with E-state index in [4.69, 9.17) is 4.98 Å². The van der Waals surface area contributed by atoms with Crippen LogP contribution in [0, 0.1) is 11.7 Å². The number of rotatable bonds is 7. The van der Waals surface area contributed by atoms with Gasteiger partial charge in [-0.25, -0.2) is 14.4 Å². The van der Waals surface area contributed by atoms with Gasteiger partial charge in [-0.3, -0.25) is 4.98 Å². The quantitative estimate of drug-likeness (QED) is 0.434. The molecule has 2 aromatic heterocycles. The zero-order valence-corrected chi connectivity index (χ0v) is 17.8. The molecule has 0 radical (unpaired) electrons. The van der Waals surface area contributed by atoms with Gasteiger partial charge >= 0.3 is 0 Å². The Bertz CT molecular complexity index is 1080. The molecule has 6 nitrogen and oxygen atoms in total. The van der Waals surface area contributed by atoms with Crippen molar-refractivity contribution in [3.63, 3.8) is 0 Å². The first-order valence-electron chi connectivity index (χ1n) is 10.4. The van der Waals surface area contributed by atoms with Crippen molar-refractivity contribution in [2.45, 2.75) is 19.3 Å². The molecule has 4 rings (SSSR count). The van der Waals surface area contributed by atoms with Gasteiger partial charge in [-0.05, 0) is 69.6 Å². The second kappa shape index (κ2) is 9.22. The lowest BCUT2D eigenvalue weighted by Gasteiger charge is -2.28. The highest BCUT2D eigenvalue weighted by Gasteiger charge is 2.17. The largest absolute Gasteiger partial charge is 0.338 e. The molecule has 1 aromatic carbocycles. The topological polar surface area (TPSA) is 56.6 Å². The van der Waals surface area contributed by atoms with Crippen LogP contribution in [-0.4, -0.2) is 41.7 Å². The first kappa shape index (κ1) is 20.9. The molecule has 0 unspecified atom stereocenters. The molecule has 0 aliphatic carbocycles. The van der Waals surface area contributed by atoms with Gasteiger partial charge in [-0.2, -0.15) is 5.10 Å². The Hall–Kier alpha value is -3.32. The van der Waals surface area contributed by atoms with Crippen LogP contribution in [0.5, 0.6) is 0 Å². The Labute approximate surface area is 182 Å². The summed E-state index contributed by atoms with van der Waals surface area (Å²) in [5, 5.41) is 9.19. The number of pyridine rings is 2. The molecule has 160 valence electrons. The van der Waals surface area contributed by atoms with Crippen molar-refractivity contribution in [3.8, 4) is 0 Å². The van der Waals surface area contributed by atoms with Crippen LogP contribution in [0.1, 0.15) is 18.5 Å². The van der Waals surface area contributed by atoms with E-state index in [9.17, 15) is 4.39 Å². The molecule has 1 fully saturated rings. The van der Waals surface area contributed by atoms with Gasteiger partial charge in [0.05, 0.1) is 16.9 Å². The van der Waals surface area contributed by atoms with Crippen LogP contribution >= 0.6 is 0 Å². The number of fused-ring (bicyclic) bond motifs is 1. The van der Waals surface area contributed by atoms with Crippen molar-refractivity contribution in [3.05, 3.63) is 66.9 Å². The maximum absolute atomic E-state index is 14.6. The van der Waals surface area contributed by atoms with E-state index in [1.807, 2.05) is 6.07 Å². The lowest BCUT2D eigenvalue weighted by Crippen LogP contribution is -2.31. The molecule has 0 atom stereocenters. The third kappa shape index (κ3) is 4.88. The minimum Gasteiger partial charge on any atom is -0.338 e. The molecule has 7 heteroatoms. The van der Waals surface area contributed by atoms with Crippen molar-refractivity contribution in [2.24, 2.45) is 11.0 Å². The molecule has 0 saturated carbocycles. The Balaban J connectivity index is 1.52. The lowest BCUT2D eigenvalue weighted by molar-refractivity contribution is 0.218. The maximum Gasteiger partial charge on any atom is 0.148 e. The third-order valence-electron chi connectivity index (χ3n) is 5.77. The molecule has 1 saturated heterocycles. The normalized spacial score (nSPS) is 15.0. The van der Waals surface area contributed by atoms with E-state index in [1.165, 1.54) is 30.1 Å². The molecule has 3 aromatic rings. The van der Waals surface area contributed by atoms with Gasteiger partial charge in [0.15, 0.2) is 0 Å². The van der Waals surface area contributed by atoms with Crippen LogP contribution in [0.15, 0.2) is 60.5 Å². The van der Waals surface area contributed by atoms with Gasteiger partial charge in [0.2, 0.25) is 0 Å². The van der Waals surface area contributed by atoms with Gasteiger partial charge in [-0.1, -0.05) is 6.58 Å². The van der Waals surface area contributed by atoms with Crippen LogP contribution in [0.4, 0.5) is 21.6 Å². The summed E-state index contributed by atoms with van der Waals surface area (Å²) in [6.07, 6.45) is 6.63. The number of hydrogen-bond acceptors (Lipinski definition) is 6. The molecular formula is C24H27FN6. The number of piperidine rings is 1. The van der Waals surface area contributed by atoms with Crippen molar-refractivity contribution in [2.75, 3.05) is 30.5 Å². The summed E-state index contributed by atoms with van der Waals surface area (Å²) in [6, 6.07) is 10.8. The number of nitrogens with one attached hydrogen (secondary N) is 1. The fraction of sp³-hybridized carbons (Fsp3) is 0.292. The zero-order valence-electron chi connectivity index (χ0n) is 17.8. The summed E-state index contributed by atoms with van der Waals surface area (Å²) in [4.78, 5) is 11.6. The number of benzene rings is 1. The molecule has 1 aliphatic heterocycles. The maximum atomic E-state index is 14.6. The summed E-state index contributed by atoms with van der Waals surface area (Å²) in [6.45, 7) is 9.38. The number of nitrogens with zero attached hydrogens (tertiary/aromatic N) is 5. The smallest absolute Gasteiger partial charge is 0.148 e. The van der Waals surface area contributed by atoms with Crippen molar-refractivity contribution >= 4 is 34.8 Å². The van der Waals surface area contributed by atoms with E-state index in [1.54, 1.807) is 18.3 Å². The SMILES string of the molecule is C=CN(N=C)c1ccc(Nc2cc3nc(CC4CCN(C)CC4)ccc3cn2)c(F)c1. The Morgan fingerprint density at radius 3 is 2.77 bits per heavy atom. The van der Waals surface area contributed by atoms with Crippen molar-refractivity contribution < 1.29 is 4.39 Å². The van der Waals surface area contributed by atoms with Gasteiger partial charge < -0.3 is 10.2 Å². The lowest BCUT2D eigenvalue weighted by atomic mass is 9.92. The van der Waals surface area contributed by atoms with E-state index < -0.39 is 5.82 Å². The van der Waals surface area contributed by atoms with Gasteiger partial charge in [0, 0.05) is 42.3 Å². The summed E-state index contributed by atoms with van der Waals surface area (Å²) in [5.74, 6) is 0.803. The Kier molecular flexibility index (Phi) is 6.23. The fourth-order valence-corrected chi connectivity index (χ4v) is 3.93. The van der Waals surface area contributed by atoms with Crippen LogP contribution in [-0.2, 0) is 6.42 Å². The number of halogens is 1. The van der Waals surface area contributed by atoms with E-state index in [-0.39, 0.29) is 0 Å². The molecule has 0 amide bonds. The van der Waals surface area contributed by atoms with Crippen LogP contribution in [0.2, 0.25) is 0 Å². The highest BCUT2D eigenvalue weighted by molar-refractivity contribution is 5.81. The van der Waals surface area contributed by atoms with E-state index >= 15 is 0 Å². The number of anilines is 3. The Morgan fingerprint density at radius 2 is 2.06 bits per heavy atom. The number of hydrazone groups is 1. The van der Waals surface area contributed by atoms with Gasteiger partial charge in [-0.15, -0.1) is 0 Å². The highest BCUT2D eigenvalue weighted by Crippen LogP contribution is 2.26. The van der Waals surface area contributed by atoms with Crippen LogP contribution in [0.3, 0.4) is 0 Å². The predicted octanol–water partition coefficient (Wildman–Crippen LogP) is 4.96. The van der Waals surface area contributed by atoms with Crippen LogP contribution in [0.25, 0.3) is 10.9 Å². The molecular weight excluding hydrogens is 391 g/mol. The van der Waals surface area contributed by atoms with E-state index in [0.29, 0.717) is 23.1 Å². The summed E-state index contributed by atoms with van der Waals surface area (Å²) < 4.78 is 14.6. The number of hydrogen-bond donors (Lipinski definition) is 1. The highest BCUT2D eigenvalue weighted by atomic mass is 19.1. The molecule has 3 heterocycles. The minimum atomic E-state index is -0.418. The van der Waals surface area contributed by atoms with E-state index in [2.05, 4.69) is 52.8 Å². The third-order valence-corrected chi connectivity index (χ3v) is 5.77. The standard InChI is InChI=1S/C24H27FN6/c1-4-31(26-2)20-7-8-22(21(25)14-20)29-24-15-23-18(16-27-24)5-6-19(28-23)13-17-9-11-30(3)12-10-17/h4-8,14-17H,1-2,9-13H2,3H3,(H,27,29). The summed E-state index contributed by atoms with van der Waals surface area (Å²) in [5.41, 5.74) is 2.82. The summed E-state index contributed by atoms with van der Waals surface area (Å²) >= 11 is 0. The monoisotopic (exact) mass is 418 g/mol. The summed E-state index contributed by atoms with van der Waals surface area (Å²) in [7, 11) is 2.17. The minimum absolute atomic E-state index is 0.325. The average molecular weight is 419 g/mol. The first-order chi connectivity index (χ1) is 15.1. The Morgan fingerprint density at radius 1 is 1.26 bits per heavy atom. The second-order valence-electron chi connectivity index (χ2n) is 7.97. The molecule has 1 aliphatic rings. The van der Waals surface area contributed by atoms with Gasteiger partial charge in [0.1, 0.15) is 11.6 Å². The second-order valence-corrected chi connectivity index (χ2v) is 7.97. The molecule has 0 spiro atoms. The molecule has 31 heavy (non-hydrogen) atoms. The number of aromatic nitrogens is 2. The van der Waals surface area contributed by atoms with E-state index in [0.717, 1.165) is 36.1 Å². The predicted molar refractivity (Wildman–Crippen MR) is 125 cm³/mol. The fourth-order valence-electron chi connectivity index (χ4n) is 3.93. The van der Waals surface area contributed by atoms with Crippen LogP contribution < -0.4 is 10.3 Å². The zero-order chi connectivity index (χ0) is 21.8.